The summed E-state index contributed by atoms with van der Waals surface area (Å²) in [6.07, 6.45) is 4.06. The van der Waals surface area contributed by atoms with E-state index in [-0.39, 0.29) is 29.4 Å². The predicted octanol–water partition coefficient (Wildman–Crippen LogP) is 3.14. The Bertz CT molecular complexity index is 1350. The largest absolute Gasteiger partial charge is 0.478 e. The number of carbonyl (C=O) groups excluding carboxylic acids is 1. The minimum atomic E-state index is -0.993. The summed E-state index contributed by atoms with van der Waals surface area (Å²) in [4.78, 5) is 27.4. The number of nitrogens with one attached hydrogen (secondary N) is 2. The molecular formula is C28H31N5O3. The monoisotopic (exact) mass is 485 g/mol. The standard InChI is InChI=1S/C28H31N5O3/c29-21-7-9-22(10-8-21)32-27(34)25-13-17-5-6-18(26(30)31)14-24(17)33(25)15-20-12-19(28(35)36)11-16-3-1-2-4-23(16)20/h1-6,11-12,14,21-22,25H,7-10,13,15,29H2,(H3,30,31)(H,32,34)(H,35,36)/t21-,22-,25?. The third-order valence-electron chi connectivity index (χ3n) is 7.45. The third-order valence-corrected chi connectivity index (χ3v) is 7.45. The number of anilines is 1. The van der Waals surface area contributed by atoms with Crippen LogP contribution in [0.15, 0.2) is 54.6 Å². The number of carboxylic acids is 1. The predicted molar refractivity (Wildman–Crippen MR) is 140 cm³/mol. The molecule has 7 N–H and O–H groups in total. The van der Waals surface area contributed by atoms with Crippen LogP contribution >= 0.6 is 0 Å². The summed E-state index contributed by atoms with van der Waals surface area (Å²) < 4.78 is 0. The van der Waals surface area contributed by atoms with Crippen molar-refractivity contribution in [1.29, 1.82) is 5.41 Å². The van der Waals surface area contributed by atoms with E-state index in [1.165, 1.54) is 0 Å². The fourth-order valence-electron chi connectivity index (χ4n) is 5.48. The molecule has 1 unspecified atom stereocenters. The van der Waals surface area contributed by atoms with Crippen molar-refractivity contribution in [3.8, 4) is 0 Å². The smallest absolute Gasteiger partial charge is 0.335 e. The number of benzene rings is 3. The van der Waals surface area contributed by atoms with E-state index in [4.69, 9.17) is 16.9 Å². The lowest BCUT2D eigenvalue weighted by molar-refractivity contribution is -0.123. The van der Waals surface area contributed by atoms with E-state index in [0.29, 0.717) is 18.5 Å². The van der Waals surface area contributed by atoms with Gasteiger partial charge in [-0.15, -0.1) is 0 Å². The number of nitrogen functional groups attached to an aromatic ring is 1. The van der Waals surface area contributed by atoms with Gasteiger partial charge in [-0.05, 0) is 65.8 Å². The fraction of sp³-hybridized carbons (Fsp3) is 0.321. The lowest BCUT2D eigenvalue weighted by Gasteiger charge is -2.31. The van der Waals surface area contributed by atoms with Crippen molar-refractivity contribution in [3.05, 3.63) is 76.9 Å². The molecule has 1 heterocycles. The number of hydrogen-bond donors (Lipinski definition) is 5. The highest BCUT2D eigenvalue weighted by molar-refractivity contribution is 5.98. The number of nitrogens with two attached hydrogens (primary N) is 2. The molecule has 5 rings (SSSR count). The number of fused-ring (bicyclic) bond motifs is 2. The van der Waals surface area contributed by atoms with Crippen LogP contribution in [0.25, 0.3) is 10.8 Å². The zero-order valence-electron chi connectivity index (χ0n) is 20.0. The molecule has 8 heteroatoms. The van der Waals surface area contributed by atoms with Gasteiger partial charge >= 0.3 is 5.97 Å². The van der Waals surface area contributed by atoms with Crippen LogP contribution < -0.4 is 21.7 Å². The van der Waals surface area contributed by atoms with Gasteiger partial charge in [0.1, 0.15) is 11.9 Å². The topological polar surface area (TPSA) is 146 Å². The number of amidine groups is 1. The second-order valence-corrected chi connectivity index (χ2v) is 9.89. The van der Waals surface area contributed by atoms with Crippen LogP contribution in [0, 0.1) is 5.41 Å². The van der Waals surface area contributed by atoms with Crippen LogP contribution in [0.1, 0.15) is 52.7 Å². The zero-order chi connectivity index (χ0) is 25.4. The van der Waals surface area contributed by atoms with Crippen molar-refractivity contribution in [3.63, 3.8) is 0 Å². The summed E-state index contributed by atoms with van der Waals surface area (Å²) >= 11 is 0. The van der Waals surface area contributed by atoms with Gasteiger partial charge in [-0.3, -0.25) is 10.2 Å². The van der Waals surface area contributed by atoms with Gasteiger partial charge in [0, 0.05) is 36.3 Å². The van der Waals surface area contributed by atoms with Gasteiger partial charge in [0.2, 0.25) is 5.91 Å². The van der Waals surface area contributed by atoms with Crippen LogP contribution in [0.5, 0.6) is 0 Å². The van der Waals surface area contributed by atoms with Crippen molar-refractivity contribution in [2.24, 2.45) is 11.5 Å². The Balaban J connectivity index is 1.52. The first kappa shape index (κ1) is 23.8. The summed E-state index contributed by atoms with van der Waals surface area (Å²) in [7, 11) is 0. The Morgan fingerprint density at radius 2 is 1.78 bits per heavy atom. The van der Waals surface area contributed by atoms with E-state index in [0.717, 1.165) is 53.3 Å². The van der Waals surface area contributed by atoms with Gasteiger partial charge in [0.05, 0.1) is 5.56 Å². The van der Waals surface area contributed by atoms with Crippen LogP contribution in [-0.2, 0) is 17.8 Å². The Hall–Kier alpha value is -3.91. The molecule has 3 aromatic carbocycles. The average Bonchev–Trinajstić information content (AvgIpc) is 3.23. The summed E-state index contributed by atoms with van der Waals surface area (Å²) in [5.74, 6) is -1.08. The molecule has 8 nitrogen and oxygen atoms in total. The lowest BCUT2D eigenvalue weighted by Crippen LogP contribution is -2.49. The highest BCUT2D eigenvalue weighted by Gasteiger charge is 2.36. The number of nitrogens with zero attached hydrogens (tertiary/aromatic N) is 1. The molecule has 1 aliphatic heterocycles. The van der Waals surface area contributed by atoms with Gasteiger partial charge in [-0.25, -0.2) is 4.79 Å². The molecule has 0 radical (unpaired) electrons. The van der Waals surface area contributed by atoms with Gasteiger partial charge in [-0.1, -0.05) is 36.4 Å². The molecule has 36 heavy (non-hydrogen) atoms. The van der Waals surface area contributed by atoms with E-state index < -0.39 is 12.0 Å². The molecule has 1 atom stereocenters. The third kappa shape index (κ3) is 4.64. The minimum Gasteiger partial charge on any atom is -0.478 e. The highest BCUT2D eigenvalue weighted by Crippen LogP contribution is 2.36. The molecule has 2 aliphatic rings. The van der Waals surface area contributed by atoms with Crippen molar-refractivity contribution in [1.82, 2.24) is 5.32 Å². The van der Waals surface area contributed by atoms with Crippen LogP contribution in [0.2, 0.25) is 0 Å². The second-order valence-electron chi connectivity index (χ2n) is 9.89. The van der Waals surface area contributed by atoms with E-state index in [9.17, 15) is 14.7 Å². The Morgan fingerprint density at radius 1 is 1.03 bits per heavy atom. The van der Waals surface area contributed by atoms with Gasteiger partial charge in [-0.2, -0.15) is 0 Å². The van der Waals surface area contributed by atoms with Crippen molar-refractivity contribution < 1.29 is 14.7 Å². The van der Waals surface area contributed by atoms with Crippen molar-refractivity contribution in [2.75, 3.05) is 4.90 Å². The molecule has 0 spiro atoms. The normalized spacial score (nSPS) is 21.2. The number of hydrogen-bond acceptors (Lipinski definition) is 5. The van der Waals surface area contributed by atoms with Gasteiger partial charge < -0.3 is 26.8 Å². The number of carbonyl (C=O) groups is 2. The highest BCUT2D eigenvalue weighted by atomic mass is 16.4. The molecule has 3 aromatic rings. The fourth-order valence-corrected chi connectivity index (χ4v) is 5.48. The van der Waals surface area contributed by atoms with Crippen LogP contribution in [0.3, 0.4) is 0 Å². The molecule has 1 aliphatic carbocycles. The molecule has 0 saturated heterocycles. The number of amides is 1. The van der Waals surface area contributed by atoms with Crippen LogP contribution in [0.4, 0.5) is 5.69 Å². The summed E-state index contributed by atoms with van der Waals surface area (Å²) in [6, 6.07) is 16.5. The Kier molecular flexibility index (Phi) is 6.36. The maximum atomic E-state index is 13.6. The van der Waals surface area contributed by atoms with Crippen molar-refractivity contribution >= 4 is 34.2 Å². The van der Waals surface area contributed by atoms with Crippen LogP contribution in [-0.4, -0.2) is 40.9 Å². The van der Waals surface area contributed by atoms with Crippen molar-refractivity contribution in [2.45, 2.75) is 56.8 Å². The number of aromatic carboxylic acids is 1. The van der Waals surface area contributed by atoms with E-state index >= 15 is 0 Å². The molecule has 1 saturated carbocycles. The molecule has 0 aromatic heterocycles. The summed E-state index contributed by atoms with van der Waals surface area (Å²) in [5.41, 5.74) is 15.3. The lowest BCUT2D eigenvalue weighted by atomic mass is 9.91. The number of rotatable bonds is 6. The first-order valence-corrected chi connectivity index (χ1v) is 12.3. The first-order valence-electron chi connectivity index (χ1n) is 12.3. The zero-order valence-corrected chi connectivity index (χ0v) is 20.0. The number of carboxylic acid groups (broad SMARTS) is 1. The minimum absolute atomic E-state index is 0.0393. The Morgan fingerprint density at radius 3 is 2.50 bits per heavy atom. The maximum absolute atomic E-state index is 13.6. The molecule has 1 fully saturated rings. The first-order chi connectivity index (χ1) is 17.3. The molecule has 1 amide bonds. The molecule has 0 bridgehead atoms. The maximum Gasteiger partial charge on any atom is 0.335 e. The molecular weight excluding hydrogens is 454 g/mol. The van der Waals surface area contributed by atoms with E-state index in [2.05, 4.69) is 5.32 Å². The second kappa shape index (κ2) is 9.62. The summed E-state index contributed by atoms with van der Waals surface area (Å²) in [5, 5.41) is 22.6. The van der Waals surface area contributed by atoms with Gasteiger partial charge in [0.15, 0.2) is 0 Å². The SMILES string of the molecule is N=C(N)c1ccc2c(c1)N(Cc1cc(C(=O)O)cc3ccccc13)C(C(=O)N[C@H]1CC[C@H](N)CC1)C2. The molecule has 186 valence electrons. The summed E-state index contributed by atoms with van der Waals surface area (Å²) in [6.45, 7) is 0.351. The van der Waals surface area contributed by atoms with E-state index in [1.54, 1.807) is 12.1 Å². The Labute approximate surface area is 209 Å². The van der Waals surface area contributed by atoms with E-state index in [1.807, 2.05) is 47.4 Å². The quantitative estimate of drug-likeness (QED) is 0.268. The average molecular weight is 486 g/mol. The van der Waals surface area contributed by atoms with Gasteiger partial charge in [0.25, 0.3) is 0 Å².